The second-order valence-electron chi connectivity index (χ2n) is 14.6. The van der Waals surface area contributed by atoms with Crippen molar-refractivity contribution in [2.45, 2.75) is 75.7 Å². The molecule has 1 aliphatic heterocycles. The lowest BCUT2D eigenvalue weighted by atomic mass is 9.55. The van der Waals surface area contributed by atoms with Gasteiger partial charge in [0.2, 0.25) is 11.7 Å². The van der Waals surface area contributed by atoms with Crippen LogP contribution in [0.25, 0.3) is 0 Å². The SMILES string of the molecule is C=CCOC12Oc3ccc(O)cc3C3C(CCCCO)C(CCCCO)C=C(C(=NOCc4ccccc4)CC1N(C)C(=O)Cc1cccc(OC)c1)C32. The number of fused-ring (bicyclic) bond motifs is 2. The van der Waals surface area contributed by atoms with E-state index in [1.165, 1.54) is 0 Å². The first-order valence-electron chi connectivity index (χ1n) is 19.1. The minimum absolute atomic E-state index is 0.0724. The number of likely N-dealkylation sites (N-methyl/N-ethyl adjacent to an activating group) is 1. The lowest BCUT2D eigenvalue weighted by Gasteiger charge is -2.59. The molecule has 6 unspecified atom stereocenters. The standard InChI is InChI=1S/C44H54N2O8/c1-4-23-52-44-40(46(2)41(50)25-31-15-12-17-34(24-31)51-3)28-38(45-53-29-30-13-6-5-7-14-30)36-26-32(16-8-10-21-47)35(18-9-11-22-48)42(43(36)44)37-27-33(49)19-20-39(37)54-44/h4-7,12-15,17,19-20,24,26-27,32,35,40,42-43,47-49H,1,8-11,16,18,21-23,25,28-29H2,2-3H3. The van der Waals surface area contributed by atoms with E-state index in [4.69, 9.17) is 24.2 Å². The Morgan fingerprint density at radius 1 is 1.00 bits per heavy atom. The topological polar surface area (TPSA) is 130 Å². The third kappa shape index (κ3) is 8.36. The minimum atomic E-state index is -1.35. The van der Waals surface area contributed by atoms with Gasteiger partial charge in [-0.05, 0) is 84.6 Å². The minimum Gasteiger partial charge on any atom is -0.508 e. The van der Waals surface area contributed by atoms with E-state index in [0.29, 0.717) is 30.8 Å². The van der Waals surface area contributed by atoms with Crippen LogP contribution in [0.2, 0.25) is 0 Å². The smallest absolute Gasteiger partial charge is 0.239 e. The summed E-state index contributed by atoms with van der Waals surface area (Å²) in [7, 11) is 3.40. The molecular weight excluding hydrogens is 684 g/mol. The van der Waals surface area contributed by atoms with E-state index in [1.807, 2.05) is 54.6 Å². The number of allylic oxidation sites excluding steroid dienone is 1. The van der Waals surface area contributed by atoms with Crippen LogP contribution >= 0.6 is 0 Å². The number of unbranched alkanes of at least 4 members (excludes halogenated alkanes) is 2. The number of rotatable bonds is 18. The van der Waals surface area contributed by atoms with Crippen LogP contribution in [-0.4, -0.2) is 77.6 Å². The molecule has 1 fully saturated rings. The first-order chi connectivity index (χ1) is 26.3. The molecule has 1 amide bonds. The number of benzene rings is 3. The highest BCUT2D eigenvalue weighted by molar-refractivity contribution is 6.03. The van der Waals surface area contributed by atoms with Crippen LogP contribution in [0, 0.1) is 17.8 Å². The molecule has 0 aromatic heterocycles. The zero-order valence-corrected chi connectivity index (χ0v) is 31.4. The molecule has 54 heavy (non-hydrogen) atoms. The van der Waals surface area contributed by atoms with Crippen LogP contribution in [-0.2, 0) is 27.4 Å². The van der Waals surface area contributed by atoms with Gasteiger partial charge in [-0.3, -0.25) is 4.79 Å². The Balaban J connectivity index is 1.51. The number of aliphatic hydroxyl groups excluding tert-OH is 2. The fourth-order valence-corrected chi connectivity index (χ4v) is 8.75. The van der Waals surface area contributed by atoms with Gasteiger partial charge in [-0.2, -0.15) is 0 Å². The van der Waals surface area contributed by atoms with Gasteiger partial charge in [0.25, 0.3) is 0 Å². The van der Waals surface area contributed by atoms with Gasteiger partial charge in [0.15, 0.2) is 0 Å². The molecule has 6 atom stereocenters. The summed E-state index contributed by atoms with van der Waals surface area (Å²) in [6.07, 6.45) is 9.09. The lowest BCUT2D eigenvalue weighted by molar-refractivity contribution is -0.255. The van der Waals surface area contributed by atoms with Gasteiger partial charge < -0.3 is 39.3 Å². The van der Waals surface area contributed by atoms with Gasteiger partial charge in [0, 0.05) is 38.2 Å². The van der Waals surface area contributed by atoms with Crippen molar-refractivity contribution in [1.29, 1.82) is 0 Å². The summed E-state index contributed by atoms with van der Waals surface area (Å²) in [5.41, 5.74) is 4.34. The number of carbonyl (C=O) groups excluding carboxylic acids is 1. The molecule has 0 radical (unpaired) electrons. The van der Waals surface area contributed by atoms with Gasteiger partial charge in [-0.15, -0.1) is 6.58 Å². The summed E-state index contributed by atoms with van der Waals surface area (Å²) < 4.78 is 19.5. The average Bonchev–Trinajstić information content (AvgIpc) is 3.19. The number of oxime groups is 1. The Morgan fingerprint density at radius 3 is 2.50 bits per heavy atom. The number of methoxy groups -OCH3 is 1. The third-order valence-corrected chi connectivity index (χ3v) is 11.3. The van der Waals surface area contributed by atoms with Crippen LogP contribution < -0.4 is 9.47 Å². The van der Waals surface area contributed by atoms with Crippen LogP contribution in [0.4, 0.5) is 0 Å². The summed E-state index contributed by atoms with van der Waals surface area (Å²) in [4.78, 5) is 22.2. The van der Waals surface area contributed by atoms with E-state index in [2.05, 4.69) is 12.7 Å². The number of hydrogen-bond acceptors (Lipinski definition) is 9. The maximum absolute atomic E-state index is 14.4. The molecule has 0 bridgehead atoms. The fourth-order valence-electron chi connectivity index (χ4n) is 8.75. The molecule has 10 heteroatoms. The zero-order valence-electron chi connectivity index (χ0n) is 31.4. The normalized spacial score (nSPS) is 24.8. The Bertz CT molecular complexity index is 1790. The molecule has 0 saturated heterocycles. The largest absolute Gasteiger partial charge is 0.508 e. The van der Waals surface area contributed by atoms with Gasteiger partial charge in [-0.1, -0.05) is 72.6 Å². The first-order valence-corrected chi connectivity index (χ1v) is 19.1. The number of carbonyl (C=O) groups is 1. The van der Waals surface area contributed by atoms with E-state index in [9.17, 15) is 20.1 Å². The second-order valence-corrected chi connectivity index (χ2v) is 14.6. The maximum Gasteiger partial charge on any atom is 0.239 e. The van der Waals surface area contributed by atoms with Crippen LogP contribution in [0.1, 0.15) is 67.6 Å². The molecule has 1 heterocycles. The molecule has 3 aliphatic rings. The maximum atomic E-state index is 14.4. The number of aliphatic hydroxyl groups is 2. The van der Waals surface area contributed by atoms with Crippen molar-refractivity contribution < 1.29 is 39.2 Å². The van der Waals surface area contributed by atoms with Crippen molar-refractivity contribution in [2.24, 2.45) is 22.9 Å². The number of phenols is 1. The summed E-state index contributed by atoms with van der Waals surface area (Å²) >= 11 is 0. The van der Waals surface area contributed by atoms with Crippen molar-refractivity contribution in [3.8, 4) is 17.2 Å². The number of amides is 1. The highest BCUT2D eigenvalue weighted by Crippen LogP contribution is 2.61. The average molecular weight is 739 g/mol. The third-order valence-electron chi connectivity index (χ3n) is 11.3. The van der Waals surface area contributed by atoms with Gasteiger partial charge in [-0.25, -0.2) is 0 Å². The number of phenolic OH excluding ortho intramolecular Hbond substituents is 1. The molecular formula is C44H54N2O8. The van der Waals surface area contributed by atoms with Crippen molar-refractivity contribution in [2.75, 3.05) is 34.0 Å². The second kappa shape index (κ2) is 18.1. The number of nitrogens with zero attached hydrogens (tertiary/aromatic N) is 2. The number of ether oxygens (including phenoxy) is 3. The van der Waals surface area contributed by atoms with E-state index < -0.39 is 17.7 Å². The Kier molecular flexibility index (Phi) is 13.1. The number of hydrogen-bond donors (Lipinski definition) is 3. The van der Waals surface area contributed by atoms with Gasteiger partial charge in [0.05, 0.1) is 31.8 Å². The van der Waals surface area contributed by atoms with Crippen molar-refractivity contribution in [3.05, 3.63) is 114 Å². The molecule has 0 spiro atoms. The van der Waals surface area contributed by atoms with E-state index in [1.54, 1.807) is 43.3 Å². The molecule has 3 N–H and O–H groups in total. The summed E-state index contributed by atoms with van der Waals surface area (Å²) in [5.74, 6) is -0.539. The lowest BCUT2D eigenvalue weighted by Crippen LogP contribution is -2.69. The summed E-state index contributed by atoms with van der Waals surface area (Å²) in [6, 6.07) is 22.0. The highest BCUT2D eigenvalue weighted by Gasteiger charge is 2.65. The van der Waals surface area contributed by atoms with Crippen LogP contribution in [0.15, 0.2) is 102 Å². The summed E-state index contributed by atoms with van der Waals surface area (Å²) in [6.45, 7) is 4.64. The van der Waals surface area contributed by atoms with Gasteiger partial charge in [0.1, 0.15) is 29.9 Å². The molecule has 6 rings (SSSR count). The number of aromatic hydroxyl groups is 1. The quantitative estimate of drug-likeness (QED) is 0.0728. The van der Waals surface area contributed by atoms with E-state index >= 15 is 0 Å². The molecule has 10 nitrogen and oxygen atoms in total. The Morgan fingerprint density at radius 2 is 1.76 bits per heavy atom. The molecule has 1 saturated carbocycles. The predicted molar refractivity (Wildman–Crippen MR) is 207 cm³/mol. The van der Waals surface area contributed by atoms with Crippen molar-refractivity contribution in [1.82, 2.24) is 4.90 Å². The zero-order chi connectivity index (χ0) is 38.1. The van der Waals surface area contributed by atoms with Crippen LogP contribution in [0.5, 0.6) is 17.2 Å². The van der Waals surface area contributed by atoms with Crippen LogP contribution in [0.3, 0.4) is 0 Å². The molecule has 288 valence electrons. The highest BCUT2D eigenvalue weighted by atomic mass is 16.7. The van der Waals surface area contributed by atoms with Crippen molar-refractivity contribution >= 4 is 11.6 Å². The Hall–Kier alpha value is -4.64. The van der Waals surface area contributed by atoms with Gasteiger partial charge >= 0.3 is 0 Å². The van der Waals surface area contributed by atoms with E-state index in [-0.39, 0.29) is 62.3 Å². The molecule has 2 aliphatic carbocycles. The first kappa shape index (κ1) is 39.1. The monoisotopic (exact) mass is 738 g/mol. The fraction of sp³-hybridized carbons (Fsp3) is 0.455. The predicted octanol–water partition coefficient (Wildman–Crippen LogP) is 6.94. The molecule has 3 aromatic carbocycles. The Labute approximate surface area is 318 Å². The van der Waals surface area contributed by atoms with Crippen molar-refractivity contribution in [3.63, 3.8) is 0 Å². The summed E-state index contributed by atoms with van der Waals surface area (Å²) in [5, 5.41) is 35.3. The molecule has 3 aromatic rings. The van der Waals surface area contributed by atoms with E-state index in [0.717, 1.165) is 53.7 Å².